The van der Waals surface area contributed by atoms with Crippen LogP contribution in [0.4, 0.5) is 11.4 Å². The number of rotatable bonds is 6. The normalized spacial score (nSPS) is 16.3. The lowest BCUT2D eigenvalue weighted by atomic mass is 10.1. The van der Waals surface area contributed by atoms with Gasteiger partial charge in [0.15, 0.2) is 0 Å². The maximum Gasteiger partial charge on any atom is 0.242 e. The van der Waals surface area contributed by atoms with Crippen LogP contribution in [0.2, 0.25) is 5.02 Å². The molecule has 9 heteroatoms. The van der Waals surface area contributed by atoms with E-state index in [1.165, 1.54) is 25.7 Å². The summed E-state index contributed by atoms with van der Waals surface area (Å²) >= 11 is 6.17. The molecule has 1 aliphatic rings. The van der Waals surface area contributed by atoms with Crippen LogP contribution in [0.3, 0.4) is 0 Å². The first-order valence-corrected chi connectivity index (χ1v) is 12.4. The van der Waals surface area contributed by atoms with Crippen molar-refractivity contribution < 1.29 is 13.2 Å². The molecule has 0 radical (unpaired) electrons. The molecule has 174 valence electrons. The molecule has 1 atom stereocenters. The smallest absolute Gasteiger partial charge is 0.242 e. The first kappa shape index (κ1) is 24.5. The zero-order chi connectivity index (χ0) is 23.6. The van der Waals surface area contributed by atoms with Gasteiger partial charge in [-0.25, -0.2) is 12.7 Å². The van der Waals surface area contributed by atoms with Gasteiger partial charge < -0.3 is 10.2 Å². The van der Waals surface area contributed by atoms with Crippen LogP contribution in [-0.2, 0) is 14.8 Å². The van der Waals surface area contributed by atoms with Gasteiger partial charge in [0, 0.05) is 56.7 Å². The van der Waals surface area contributed by atoms with Crippen molar-refractivity contribution in [3.05, 3.63) is 52.5 Å². The monoisotopic (exact) mass is 478 g/mol. The van der Waals surface area contributed by atoms with Crippen molar-refractivity contribution in [2.75, 3.05) is 50.5 Å². The van der Waals surface area contributed by atoms with E-state index in [1.54, 1.807) is 12.1 Å². The molecule has 0 aromatic heterocycles. The number of benzene rings is 2. The second-order valence-corrected chi connectivity index (χ2v) is 11.0. The van der Waals surface area contributed by atoms with Gasteiger partial charge in [0.1, 0.15) is 0 Å². The Balaban J connectivity index is 1.66. The summed E-state index contributed by atoms with van der Waals surface area (Å²) in [5, 5.41) is 3.64. The lowest BCUT2D eigenvalue weighted by Crippen LogP contribution is -2.53. The van der Waals surface area contributed by atoms with E-state index in [-0.39, 0.29) is 16.8 Å². The van der Waals surface area contributed by atoms with Crippen molar-refractivity contribution in [1.82, 2.24) is 9.21 Å². The van der Waals surface area contributed by atoms with Crippen molar-refractivity contribution in [2.24, 2.45) is 0 Å². The third-order valence-electron chi connectivity index (χ3n) is 6.00. The Labute approximate surface area is 196 Å². The molecule has 1 fully saturated rings. The second kappa shape index (κ2) is 9.79. The van der Waals surface area contributed by atoms with Crippen molar-refractivity contribution >= 4 is 38.9 Å². The van der Waals surface area contributed by atoms with Gasteiger partial charge in [-0.3, -0.25) is 9.69 Å². The van der Waals surface area contributed by atoms with Gasteiger partial charge >= 0.3 is 0 Å². The van der Waals surface area contributed by atoms with Gasteiger partial charge in [0.05, 0.1) is 10.9 Å². The number of piperazine rings is 1. The number of nitrogens with zero attached hydrogens (tertiary/aromatic N) is 3. The van der Waals surface area contributed by atoms with Gasteiger partial charge in [-0.2, -0.15) is 0 Å². The number of halogens is 1. The van der Waals surface area contributed by atoms with Crippen LogP contribution < -0.4 is 10.2 Å². The van der Waals surface area contributed by atoms with Crippen molar-refractivity contribution in [3.8, 4) is 0 Å². The highest BCUT2D eigenvalue weighted by Gasteiger charge is 2.27. The summed E-state index contributed by atoms with van der Waals surface area (Å²) in [6.45, 7) is 8.89. The molecule has 0 saturated carbocycles. The third-order valence-corrected chi connectivity index (χ3v) is 8.04. The molecule has 32 heavy (non-hydrogen) atoms. The van der Waals surface area contributed by atoms with Crippen molar-refractivity contribution in [1.29, 1.82) is 0 Å². The number of aryl methyl sites for hydroxylation is 2. The van der Waals surface area contributed by atoms with Gasteiger partial charge in [-0.1, -0.05) is 23.7 Å². The van der Waals surface area contributed by atoms with Crippen LogP contribution in [0.25, 0.3) is 0 Å². The number of carbonyl (C=O) groups is 1. The minimum atomic E-state index is -3.58. The molecular formula is C23H31ClN4O3S. The van der Waals surface area contributed by atoms with Crippen LogP contribution in [-0.4, -0.2) is 69.8 Å². The highest BCUT2D eigenvalue weighted by atomic mass is 35.5. The maximum absolute atomic E-state index is 13.0. The number of hydrogen-bond donors (Lipinski definition) is 1. The van der Waals surface area contributed by atoms with Gasteiger partial charge in [0.2, 0.25) is 15.9 Å². The maximum atomic E-state index is 13.0. The summed E-state index contributed by atoms with van der Waals surface area (Å²) in [7, 11) is -0.603. The Morgan fingerprint density at radius 1 is 1.03 bits per heavy atom. The number of anilines is 2. The Hall–Kier alpha value is -2.13. The van der Waals surface area contributed by atoms with E-state index >= 15 is 0 Å². The molecule has 3 rings (SSSR count). The molecule has 1 unspecified atom stereocenters. The zero-order valence-corrected chi connectivity index (χ0v) is 20.8. The van der Waals surface area contributed by atoms with Crippen LogP contribution in [0.1, 0.15) is 18.1 Å². The molecule has 1 N–H and O–H groups in total. The van der Waals surface area contributed by atoms with E-state index < -0.39 is 10.0 Å². The molecular weight excluding hydrogens is 448 g/mol. The summed E-state index contributed by atoms with van der Waals surface area (Å²) in [6, 6.07) is 10.3. The topological polar surface area (TPSA) is 73.0 Å². The molecule has 0 aliphatic carbocycles. The largest absolute Gasteiger partial charge is 0.369 e. The number of carbonyl (C=O) groups excluding carboxylic acids is 1. The average Bonchev–Trinajstić information content (AvgIpc) is 2.76. The minimum absolute atomic E-state index is 0.153. The molecule has 1 amide bonds. The van der Waals surface area contributed by atoms with Gasteiger partial charge in [0.25, 0.3) is 0 Å². The molecule has 2 aromatic rings. The number of nitrogens with one attached hydrogen (secondary N) is 1. The summed E-state index contributed by atoms with van der Waals surface area (Å²) in [4.78, 5) is 17.6. The predicted molar refractivity (Wildman–Crippen MR) is 130 cm³/mol. The molecule has 1 saturated heterocycles. The first-order valence-electron chi connectivity index (χ1n) is 10.6. The zero-order valence-electron chi connectivity index (χ0n) is 19.2. The van der Waals surface area contributed by atoms with E-state index in [0.29, 0.717) is 5.69 Å². The minimum Gasteiger partial charge on any atom is -0.369 e. The van der Waals surface area contributed by atoms with Gasteiger partial charge in [-0.05, 0) is 56.2 Å². The van der Waals surface area contributed by atoms with E-state index in [1.807, 2.05) is 32.0 Å². The van der Waals surface area contributed by atoms with Gasteiger partial charge in [-0.15, -0.1) is 0 Å². The SMILES string of the molecule is Cc1ccc(S(=O)(=O)N(C)C)cc1NC(=O)C(C)N1CCN(c2cc(Cl)ccc2C)CC1. The number of hydrogen-bond acceptors (Lipinski definition) is 5. The molecule has 0 spiro atoms. The molecule has 7 nitrogen and oxygen atoms in total. The highest BCUT2D eigenvalue weighted by molar-refractivity contribution is 7.89. The average molecular weight is 479 g/mol. The fourth-order valence-electron chi connectivity index (χ4n) is 3.78. The Morgan fingerprint density at radius 3 is 2.28 bits per heavy atom. The fourth-order valence-corrected chi connectivity index (χ4v) is 4.88. The fraction of sp³-hybridized carbons (Fsp3) is 0.435. The third kappa shape index (κ3) is 5.26. The van der Waals surface area contributed by atoms with E-state index in [4.69, 9.17) is 11.6 Å². The number of amides is 1. The van der Waals surface area contributed by atoms with Crippen molar-refractivity contribution in [3.63, 3.8) is 0 Å². The summed E-state index contributed by atoms with van der Waals surface area (Å²) in [5.41, 5.74) is 3.63. The van der Waals surface area contributed by atoms with E-state index in [2.05, 4.69) is 22.0 Å². The Kier molecular flexibility index (Phi) is 7.50. The van der Waals surface area contributed by atoms with Crippen LogP contribution >= 0.6 is 11.6 Å². The lowest BCUT2D eigenvalue weighted by molar-refractivity contribution is -0.120. The van der Waals surface area contributed by atoms with Crippen molar-refractivity contribution in [2.45, 2.75) is 31.7 Å². The predicted octanol–water partition coefficient (Wildman–Crippen LogP) is 3.36. The van der Waals surface area contributed by atoms with Crippen LogP contribution in [0, 0.1) is 13.8 Å². The Bertz CT molecular complexity index is 1100. The summed E-state index contributed by atoms with van der Waals surface area (Å²) in [6.07, 6.45) is 0. The van der Waals surface area contributed by atoms with Crippen LogP contribution in [0.15, 0.2) is 41.3 Å². The molecule has 1 aliphatic heterocycles. The van der Waals surface area contributed by atoms with E-state index in [0.717, 1.165) is 46.8 Å². The molecule has 1 heterocycles. The first-order chi connectivity index (χ1) is 15.0. The number of sulfonamides is 1. The quantitative estimate of drug-likeness (QED) is 0.689. The summed E-state index contributed by atoms with van der Waals surface area (Å²) in [5.74, 6) is -0.153. The van der Waals surface area contributed by atoms with E-state index in [9.17, 15) is 13.2 Å². The molecule has 2 aromatic carbocycles. The van der Waals surface area contributed by atoms with Crippen LogP contribution in [0.5, 0.6) is 0 Å². The standard InChI is InChI=1S/C23H31ClN4O3S/c1-16-7-9-20(32(30,31)26(4)5)15-21(16)25-23(29)18(3)27-10-12-28(13-11-27)22-14-19(24)8-6-17(22)2/h6-9,14-15,18H,10-13H2,1-5H3,(H,25,29). The second-order valence-electron chi connectivity index (χ2n) is 8.38. The summed E-state index contributed by atoms with van der Waals surface area (Å²) < 4.78 is 26.1. The lowest BCUT2D eigenvalue weighted by Gasteiger charge is -2.39. The molecule has 0 bridgehead atoms. The highest BCUT2D eigenvalue weighted by Crippen LogP contribution is 2.26. The Morgan fingerprint density at radius 2 is 1.66 bits per heavy atom.